The number of nitrogens with one attached hydrogen (secondary N) is 1. The molecule has 2 atom stereocenters. The van der Waals surface area contributed by atoms with Crippen LogP contribution >= 0.6 is 11.6 Å². The normalized spacial score (nSPS) is 25.6. The maximum atomic E-state index is 6.30. The lowest BCUT2D eigenvalue weighted by atomic mass is 9.79. The molecule has 1 heterocycles. The van der Waals surface area contributed by atoms with Crippen LogP contribution in [0.1, 0.15) is 37.7 Å². The first-order chi connectivity index (χ1) is 7.83. The maximum absolute atomic E-state index is 6.30. The van der Waals surface area contributed by atoms with Crippen LogP contribution in [-0.4, -0.2) is 13.1 Å². The lowest BCUT2D eigenvalue weighted by molar-refractivity contribution is 0.307. The summed E-state index contributed by atoms with van der Waals surface area (Å²) < 4.78 is 0. The van der Waals surface area contributed by atoms with Crippen molar-refractivity contribution in [2.75, 3.05) is 13.1 Å². The summed E-state index contributed by atoms with van der Waals surface area (Å²) in [5, 5.41) is 4.44. The summed E-state index contributed by atoms with van der Waals surface area (Å²) >= 11 is 6.30. The van der Waals surface area contributed by atoms with E-state index in [4.69, 9.17) is 11.6 Å². The molecule has 1 fully saturated rings. The van der Waals surface area contributed by atoms with E-state index in [1.165, 1.54) is 24.8 Å². The summed E-state index contributed by atoms with van der Waals surface area (Å²) in [7, 11) is 0. The molecule has 0 amide bonds. The first-order valence-electron chi connectivity index (χ1n) is 6.28. The number of rotatable bonds is 3. The van der Waals surface area contributed by atoms with E-state index in [-0.39, 0.29) is 0 Å². The van der Waals surface area contributed by atoms with E-state index in [1.54, 1.807) is 0 Å². The second kappa shape index (κ2) is 5.70. The minimum atomic E-state index is 0.648. The lowest BCUT2D eigenvalue weighted by Gasteiger charge is -2.33. The van der Waals surface area contributed by atoms with Crippen molar-refractivity contribution in [3.8, 4) is 0 Å². The maximum Gasteiger partial charge on any atom is 0.0440 e. The van der Waals surface area contributed by atoms with Gasteiger partial charge in [-0.25, -0.2) is 0 Å². The highest BCUT2D eigenvalue weighted by Crippen LogP contribution is 2.36. The highest BCUT2D eigenvalue weighted by molar-refractivity contribution is 6.31. The van der Waals surface area contributed by atoms with E-state index >= 15 is 0 Å². The highest BCUT2D eigenvalue weighted by Gasteiger charge is 2.26. The van der Waals surface area contributed by atoms with Crippen LogP contribution in [0.4, 0.5) is 0 Å². The summed E-state index contributed by atoms with van der Waals surface area (Å²) in [5.41, 5.74) is 1.35. The molecule has 1 aromatic carbocycles. The predicted octanol–water partition coefficient (Wildman–Crippen LogP) is 3.83. The minimum absolute atomic E-state index is 0.648. The first-order valence-corrected chi connectivity index (χ1v) is 6.66. The summed E-state index contributed by atoms with van der Waals surface area (Å²) in [6.45, 7) is 4.53. The van der Waals surface area contributed by atoms with E-state index < -0.39 is 0 Å². The van der Waals surface area contributed by atoms with Gasteiger partial charge in [0.1, 0.15) is 0 Å². The number of hydrogen-bond donors (Lipinski definition) is 1. The first kappa shape index (κ1) is 11.9. The molecule has 1 nitrogen and oxygen atoms in total. The Morgan fingerprint density at radius 3 is 2.94 bits per heavy atom. The Labute approximate surface area is 103 Å². The third kappa shape index (κ3) is 2.58. The molecule has 1 aliphatic rings. The molecule has 0 bridgehead atoms. The van der Waals surface area contributed by atoms with Crippen LogP contribution in [0.25, 0.3) is 0 Å². The zero-order chi connectivity index (χ0) is 11.4. The van der Waals surface area contributed by atoms with Gasteiger partial charge < -0.3 is 5.32 Å². The van der Waals surface area contributed by atoms with Crippen molar-refractivity contribution >= 4 is 11.6 Å². The molecule has 0 aromatic heterocycles. The van der Waals surface area contributed by atoms with Crippen molar-refractivity contribution in [1.82, 2.24) is 5.32 Å². The van der Waals surface area contributed by atoms with E-state index in [1.807, 2.05) is 12.1 Å². The Morgan fingerprint density at radius 2 is 2.19 bits per heavy atom. The molecule has 1 aliphatic heterocycles. The SMILES string of the molecule is CCCC1CNCCC1c1ccccc1Cl. The number of piperidine rings is 1. The van der Waals surface area contributed by atoms with Crippen LogP contribution < -0.4 is 5.32 Å². The van der Waals surface area contributed by atoms with Crippen LogP contribution in [0.15, 0.2) is 24.3 Å². The lowest BCUT2D eigenvalue weighted by Crippen LogP contribution is -2.35. The summed E-state index contributed by atoms with van der Waals surface area (Å²) in [4.78, 5) is 0. The summed E-state index contributed by atoms with van der Waals surface area (Å²) in [6.07, 6.45) is 3.77. The van der Waals surface area contributed by atoms with Crippen molar-refractivity contribution in [2.24, 2.45) is 5.92 Å². The third-order valence-corrected chi connectivity index (χ3v) is 3.92. The van der Waals surface area contributed by atoms with Crippen LogP contribution in [0, 0.1) is 5.92 Å². The van der Waals surface area contributed by atoms with Crippen molar-refractivity contribution in [2.45, 2.75) is 32.1 Å². The van der Waals surface area contributed by atoms with E-state index in [9.17, 15) is 0 Å². The largest absolute Gasteiger partial charge is 0.316 e. The van der Waals surface area contributed by atoms with Crippen molar-refractivity contribution in [3.05, 3.63) is 34.9 Å². The van der Waals surface area contributed by atoms with Crippen LogP contribution in [-0.2, 0) is 0 Å². The molecule has 2 rings (SSSR count). The third-order valence-electron chi connectivity index (χ3n) is 3.57. The molecule has 0 aliphatic carbocycles. The molecule has 1 N–H and O–H groups in total. The molecule has 88 valence electrons. The Morgan fingerprint density at radius 1 is 1.38 bits per heavy atom. The molecule has 0 radical (unpaired) electrons. The molecule has 0 saturated carbocycles. The fourth-order valence-electron chi connectivity index (χ4n) is 2.78. The fraction of sp³-hybridized carbons (Fsp3) is 0.571. The van der Waals surface area contributed by atoms with Gasteiger partial charge in [-0.05, 0) is 49.4 Å². The van der Waals surface area contributed by atoms with Crippen molar-refractivity contribution in [3.63, 3.8) is 0 Å². The molecule has 16 heavy (non-hydrogen) atoms. The highest BCUT2D eigenvalue weighted by atomic mass is 35.5. The van der Waals surface area contributed by atoms with Gasteiger partial charge in [-0.3, -0.25) is 0 Å². The fourth-order valence-corrected chi connectivity index (χ4v) is 3.06. The second-order valence-corrected chi connectivity index (χ2v) is 5.08. The molecule has 2 unspecified atom stereocenters. The quantitative estimate of drug-likeness (QED) is 0.843. The van der Waals surface area contributed by atoms with Gasteiger partial charge in [0, 0.05) is 5.02 Å². The molecule has 2 heteroatoms. The monoisotopic (exact) mass is 237 g/mol. The smallest absolute Gasteiger partial charge is 0.0440 e. The van der Waals surface area contributed by atoms with Crippen LogP contribution in [0.3, 0.4) is 0 Å². The Kier molecular flexibility index (Phi) is 4.25. The Bertz CT molecular complexity index is 335. The van der Waals surface area contributed by atoms with E-state index in [0.717, 1.165) is 24.0 Å². The number of benzene rings is 1. The van der Waals surface area contributed by atoms with Crippen molar-refractivity contribution in [1.29, 1.82) is 0 Å². The van der Waals surface area contributed by atoms with Gasteiger partial charge in [0.05, 0.1) is 0 Å². The zero-order valence-electron chi connectivity index (χ0n) is 9.88. The molecule has 1 saturated heterocycles. The van der Waals surface area contributed by atoms with E-state index in [0.29, 0.717) is 5.92 Å². The standard InChI is InChI=1S/C14H20ClN/c1-2-5-11-10-16-9-8-12(11)13-6-3-4-7-14(13)15/h3-4,6-7,11-12,16H,2,5,8-10H2,1H3. The average molecular weight is 238 g/mol. The van der Waals surface area contributed by atoms with Crippen LogP contribution in [0.2, 0.25) is 5.02 Å². The topological polar surface area (TPSA) is 12.0 Å². The van der Waals surface area contributed by atoms with Gasteiger partial charge in [-0.15, -0.1) is 0 Å². The molecule has 0 spiro atoms. The van der Waals surface area contributed by atoms with Gasteiger partial charge in [0.2, 0.25) is 0 Å². The van der Waals surface area contributed by atoms with Gasteiger partial charge in [-0.1, -0.05) is 43.1 Å². The van der Waals surface area contributed by atoms with Gasteiger partial charge in [-0.2, -0.15) is 0 Å². The van der Waals surface area contributed by atoms with Gasteiger partial charge >= 0.3 is 0 Å². The Balaban J connectivity index is 2.19. The van der Waals surface area contributed by atoms with Crippen molar-refractivity contribution < 1.29 is 0 Å². The minimum Gasteiger partial charge on any atom is -0.316 e. The van der Waals surface area contributed by atoms with Gasteiger partial charge in [0.25, 0.3) is 0 Å². The van der Waals surface area contributed by atoms with Crippen LogP contribution in [0.5, 0.6) is 0 Å². The Hall–Kier alpha value is -0.530. The average Bonchev–Trinajstić information content (AvgIpc) is 2.31. The van der Waals surface area contributed by atoms with Gasteiger partial charge in [0.15, 0.2) is 0 Å². The number of halogens is 1. The summed E-state index contributed by atoms with van der Waals surface area (Å²) in [5.74, 6) is 1.40. The zero-order valence-corrected chi connectivity index (χ0v) is 10.6. The van der Waals surface area contributed by atoms with E-state index in [2.05, 4.69) is 24.4 Å². The summed E-state index contributed by atoms with van der Waals surface area (Å²) in [6, 6.07) is 8.33. The molecule has 1 aromatic rings. The predicted molar refractivity (Wildman–Crippen MR) is 70.1 cm³/mol. The molecular weight excluding hydrogens is 218 g/mol. The second-order valence-electron chi connectivity index (χ2n) is 4.67. The number of hydrogen-bond acceptors (Lipinski definition) is 1. The molecular formula is C14H20ClN.